The fraction of sp³-hybridized carbons (Fsp3) is 0.235. The number of carbonyl (C=O) groups is 1. The van der Waals surface area contributed by atoms with E-state index in [4.69, 9.17) is 5.21 Å². The fourth-order valence-electron chi connectivity index (χ4n) is 3.00. The van der Waals surface area contributed by atoms with Gasteiger partial charge in [0.05, 0.1) is 10.5 Å². The topological polar surface area (TPSA) is 86.7 Å². The first-order valence-corrected chi connectivity index (χ1v) is 9.28. The van der Waals surface area contributed by atoms with Crippen LogP contribution in [0.3, 0.4) is 0 Å². The van der Waals surface area contributed by atoms with Gasteiger partial charge in [-0.05, 0) is 41.8 Å². The number of rotatable bonds is 3. The second-order valence-electron chi connectivity index (χ2n) is 6.04. The summed E-state index contributed by atoms with van der Waals surface area (Å²) in [5.74, 6) is -0.917. The monoisotopic (exact) mass is 400 g/mol. The van der Waals surface area contributed by atoms with Crippen molar-refractivity contribution in [3.63, 3.8) is 0 Å². The third-order valence-corrected chi connectivity index (χ3v) is 6.28. The number of benzene rings is 2. The van der Waals surface area contributed by atoms with Crippen molar-refractivity contribution in [3.8, 4) is 0 Å². The van der Waals surface area contributed by atoms with Gasteiger partial charge in [0.1, 0.15) is 6.04 Å². The number of hydroxylamine groups is 1. The molecule has 6 nitrogen and oxygen atoms in total. The maximum absolute atomic E-state index is 13.0. The van der Waals surface area contributed by atoms with E-state index in [1.165, 1.54) is 5.48 Å². The molecule has 1 atom stereocenters. The van der Waals surface area contributed by atoms with Crippen molar-refractivity contribution in [1.82, 2.24) is 9.79 Å². The van der Waals surface area contributed by atoms with Crippen LogP contribution >= 0.6 is 0 Å². The van der Waals surface area contributed by atoms with Gasteiger partial charge in [-0.2, -0.15) is 17.5 Å². The van der Waals surface area contributed by atoms with Gasteiger partial charge in [0.25, 0.3) is 5.91 Å². The normalized spacial score (nSPS) is 18.0. The van der Waals surface area contributed by atoms with Crippen LogP contribution in [0.1, 0.15) is 16.7 Å². The third-order valence-electron chi connectivity index (χ3n) is 4.41. The lowest BCUT2D eigenvalue weighted by atomic mass is 9.95. The highest BCUT2D eigenvalue weighted by atomic mass is 32.2. The predicted molar refractivity (Wildman–Crippen MR) is 88.0 cm³/mol. The Hall–Kier alpha value is -2.43. The van der Waals surface area contributed by atoms with Crippen LogP contribution in [0.15, 0.2) is 53.4 Å². The molecule has 2 N–H and O–H groups in total. The molecular weight excluding hydrogens is 385 g/mol. The molecule has 1 amide bonds. The zero-order valence-corrected chi connectivity index (χ0v) is 14.6. The lowest BCUT2D eigenvalue weighted by Crippen LogP contribution is -2.51. The van der Waals surface area contributed by atoms with Crippen molar-refractivity contribution < 1.29 is 31.6 Å². The van der Waals surface area contributed by atoms with Gasteiger partial charge in [-0.1, -0.05) is 24.3 Å². The lowest BCUT2D eigenvalue weighted by molar-refractivity contribution is -0.137. The Balaban J connectivity index is 2.01. The Bertz CT molecular complexity index is 959. The number of fused-ring (bicyclic) bond motifs is 1. The molecule has 0 saturated heterocycles. The first-order chi connectivity index (χ1) is 12.6. The van der Waals surface area contributed by atoms with E-state index >= 15 is 0 Å². The van der Waals surface area contributed by atoms with Crippen LogP contribution in [0.5, 0.6) is 0 Å². The second kappa shape index (κ2) is 6.95. The van der Waals surface area contributed by atoms with E-state index in [1.54, 1.807) is 24.3 Å². The SMILES string of the molecule is O=C(NO)[C@H]1Cc2ccccc2CN1S(=O)(=O)c1ccc(C(F)(F)F)cc1. The molecule has 0 bridgehead atoms. The summed E-state index contributed by atoms with van der Waals surface area (Å²) in [7, 11) is -4.28. The van der Waals surface area contributed by atoms with Crippen LogP contribution in [0.25, 0.3) is 0 Å². The molecule has 0 saturated carbocycles. The molecule has 1 aliphatic heterocycles. The maximum atomic E-state index is 13.0. The zero-order chi connectivity index (χ0) is 19.8. The van der Waals surface area contributed by atoms with Gasteiger partial charge in [0, 0.05) is 6.54 Å². The average Bonchev–Trinajstić information content (AvgIpc) is 2.65. The highest BCUT2D eigenvalue weighted by molar-refractivity contribution is 7.89. The minimum Gasteiger partial charge on any atom is -0.289 e. The molecule has 27 heavy (non-hydrogen) atoms. The molecule has 10 heteroatoms. The quantitative estimate of drug-likeness (QED) is 0.612. The number of carbonyl (C=O) groups excluding carboxylic acids is 1. The van der Waals surface area contributed by atoms with Crippen LogP contribution in [0, 0.1) is 0 Å². The summed E-state index contributed by atoms with van der Waals surface area (Å²) >= 11 is 0. The highest BCUT2D eigenvalue weighted by Gasteiger charge is 2.40. The van der Waals surface area contributed by atoms with E-state index in [9.17, 15) is 26.4 Å². The van der Waals surface area contributed by atoms with E-state index < -0.39 is 33.7 Å². The minimum absolute atomic E-state index is 0.0302. The number of alkyl halides is 3. The van der Waals surface area contributed by atoms with Gasteiger partial charge in [-0.3, -0.25) is 10.0 Å². The largest absolute Gasteiger partial charge is 0.416 e. The molecule has 0 aliphatic carbocycles. The minimum atomic E-state index is -4.59. The fourth-order valence-corrected chi connectivity index (χ4v) is 4.57. The molecule has 3 rings (SSSR count). The molecule has 1 heterocycles. The van der Waals surface area contributed by atoms with E-state index in [0.717, 1.165) is 22.0 Å². The summed E-state index contributed by atoms with van der Waals surface area (Å²) < 4.78 is 64.9. The van der Waals surface area contributed by atoms with E-state index in [0.29, 0.717) is 17.7 Å². The molecule has 0 unspecified atom stereocenters. The molecular formula is C17H15F3N2O4S. The van der Waals surface area contributed by atoms with Gasteiger partial charge in [0.15, 0.2) is 0 Å². The number of sulfonamides is 1. The smallest absolute Gasteiger partial charge is 0.289 e. The number of hydrogen-bond donors (Lipinski definition) is 2. The Kier molecular flexibility index (Phi) is 4.98. The molecule has 144 valence electrons. The molecule has 2 aromatic carbocycles. The standard InChI is InChI=1S/C17H15F3N2O4S/c18-17(19,20)13-5-7-14(8-6-13)27(25,26)22-10-12-4-2-1-3-11(12)9-15(22)16(23)21-24/h1-8,15,24H,9-10H2,(H,21,23)/t15-/m1/s1. The second-order valence-corrected chi connectivity index (χ2v) is 7.93. The summed E-state index contributed by atoms with van der Waals surface area (Å²) in [6.07, 6.45) is -4.56. The number of halogens is 3. The van der Waals surface area contributed by atoms with Gasteiger partial charge in [-0.25, -0.2) is 13.9 Å². The average molecular weight is 400 g/mol. The van der Waals surface area contributed by atoms with Crippen LogP contribution in [-0.4, -0.2) is 29.9 Å². The van der Waals surface area contributed by atoms with Gasteiger partial charge in [-0.15, -0.1) is 0 Å². The van der Waals surface area contributed by atoms with Crippen molar-refractivity contribution in [2.24, 2.45) is 0 Å². The molecule has 2 aromatic rings. The third kappa shape index (κ3) is 3.68. The summed E-state index contributed by atoms with van der Waals surface area (Å²) in [5, 5.41) is 8.97. The predicted octanol–water partition coefficient (Wildman–Crippen LogP) is 2.33. The summed E-state index contributed by atoms with van der Waals surface area (Å²) in [6.45, 7) is -0.141. The Morgan fingerprint density at radius 1 is 1.07 bits per heavy atom. The number of nitrogens with one attached hydrogen (secondary N) is 1. The van der Waals surface area contributed by atoms with Crippen LogP contribution in [0.4, 0.5) is 13.2 Å². The van der Waals surface area contributed by atoms with Gasteiger partial charge < -0.3 is 0 Å². The molecule has 1 aliphatic rings. The zero-order valence-electron chi connectivity index (χ0n) is 13.8. The maximum Gasteiger partial charge on any atom is 0.416 e. The van der Waals surface area contributed by atoms with Crippen LogP contribution in [-0.2, 0) is 34.0 Å². The summed E-state index contributed by atoms with van der Waals surface area (Å²) in [4.78, 5) is 11.7. The van der Waals surface area contributed by atoms with Crippen LogP contribution < -0.4 is 5.48 Å². The molecule has 0 spiro atoms. The highest BCUT2D eigenvalue weighted by Crippen LogP contribution is 2.32. The van der Waals surface area contributed by atoms with Crippen molar-refractivity contribution in [2.45, 2.75) is 30.1 Å². The number of hydrogen-bond acceptors (Lipinski definition) is 4. The van der Waals surface area contributed by atoms with E-state index in [-0.39, 0.29) is 17.9 Å². The van der Waals surface area contributed by atoms with Crippen LogP contribution in [0.2, 0.25) is 0 Å². The Morgan fingerprint density at radius 3 is 2.22 bits per heavy atom. The van der Waals surface area contributed by atoms with Crippen molar-refractivity contribution in [2.75, 3.05) is 0 Å². The van der Waals surface area contributed by atoms with Gasteiger partial charge in [0.2, 0.25) is 10.0 Å². The lowest BCUT2D eigenvalue weighted by Gasteiger charge is -2.34. The van der Waals surface area contributed by atoms with Crippen molar-refractivity contribution in [3.05, 3.63) is 65.2 Å². The summed E-state index contributed by atoms with van der Waals surface area (Å²) in [5.41, 5.74) is 1.91. The van der Waals surface area contributed by atoms with E-state index in [2.05, 4.69) is 0 Å². The summed E-state index contributed by atoms with van der Waals surface area (Å²) in [6, 6.07) is 8.74. The first kappa shape index (κ1) is 19.3. The number of amides is 1. The van der Waals surface area contributed by atoms with Crippen molar-refractivity contribution in [1.29, 1.82) is 0 Å². The number of nitrogens with zero attached hydrogens (tertiary/aromatic N) is 1. The Morgan fingerprint density at radius 2 is 1.67 bits per heavy atom. The Labute approximate surface area is 153 Å². The van der Waals surface area contributed by atoms with Crippen molar-refractivity contribution >= 4 is 15.9 Å². The molecule has 0 fully saturated rings. The van der Waals surface area contributed by atoms with E-state index in [1.807, 2.05) is 0 Å². The van der Waals surface area contributed by atoms with Gasteiger partial charge >= 0.3 is 6.18 Å². The molecule has 0 radical (unpaired) electrons. The molecule has 0 aromatic heterocycles. The first-order valence-electron chi connectivity index (χ1n) is 7.84.